The van der Waals surface area contributed by atoms with Crippen molar-refractivity contribution in [3.05, 3.63) is 83.9 Å². The summed E-state index contributed by atoms with van der Waals surface area (Å²) in [6.45, 7) is 7.43. The van der Waals surface area contributed by atoms with Crippen molar-refractivity contribution in [2.45, 2.75) is 20.8 Å². The summed E-state index contributed by atoms with van der Waals surface area (Å²) in [5.41, 5.74) is 3.33. The maximum Gasteiger partial charge on any atom is 0.361 e. The molecule has 0 atom stereocenters. The van der Waals surface area contributed by atoms with Crippen molar-refractivity contribution < 1.29 is 27.1 Å². The normalized spacial score (nSPS) is 12.6. The predicted molar refractivity (Wildman–Crippen MR) is 169 cm³/mol. The van der Waals surface area contributed by atoms with E-state index in [1.54, 1.807) is 56.3 Å². The van der Waals surface area contributed by atoms with Crippen LogP contribution in [0.15, 0.2) is 77.8 Å². The highest BCUT2D eigenvalue weighted by Gasteiger charge is 2.28. The third-order valence-corrected chi connectivity index (χ3v) is 9.78. The van der Waals surface area contributed by atoms with Crippen LogP contribution in [0.3, 0.4) is 0 Å². The van der Waals surface area contributed by atoms with Crippen molar-refractivity contribution in [3.8, 4) is 5.88 Å². The number of H-pyrrole nitrogens is 1. The van der Waals surface area contributed by atoms with E-state index in [0.717, 1.165) is 12.1 Å². The van der Waals surface area contributed by atoms with Gasteiger partial charge in [-0.15, -0.1) is 0 Å². The molecule has 4 aromatic rings. The van der Waals surface area contributed by atoms with Crippen molar-refractivity contribution in [1.29, 1.82) is 0 Å². The van der Waals surface area contributed by atoms with Crippen molar-refractivity contribution in [2.75, 3.05) is 43.4 Å². The van der Waals surface area contributed by atoms with E-state index in [9.17, 15) is 18.1 Å². The number of aromatic nitrogens is 1. The van der Waals surface area contributed by atoms with Gasteiger partial charge in [0, 0.05) is 29.6 Å². The molecule has 12 heteroatoms. The average molecular weight is 613 g/mol. The minimum absolute atomic E-state index is 0.101. The number of sulfonamides is 1. The van der Waals surface area contributed by atoms with Crippen molar-refractivity contribution in [3.63, 3.8) is 0 Å². The lowest BCUT2D eigenvalue weighted by molar-refractivity contribution is 0.230. The van der Waals surface area contributed by atoms with Crippen molar-refractivity contribution in [2.24, 2.45) is 4.99 Å². The highest BCUT2D eigenvalue weighted by molar-refractivity contribution is 7.92. The summed E-state index contributed by atoms with van der Waals surface area (Å²) in [7, 11) is -7.08. The largest absolute Gasteiger partial charge is 0.494 e. The first-order valence-electron chi connectivity index (χ1n) is 13.8. The summed E-state index contributed by atoms with van der Waals surface area (Å²) < 4.78 is 51.0. The molecule has 224 valence electrons. The monoisotopic (exact) mass is 612 g/mol. The number of anilines is 1. The first-order chi connectivity index (χ1) is 20.1. The Labute approximate surface area is 247 Å². The van der Waals surface area contributed by atoms with Crippen LogP contribution in [0.4, 0.5) is 11.4 Å². The molecular formula is C30H37N4O6PS. The minimum atomic E-state index is -3.59. The van der Waals surface area contributed by atoms with Crippen LogP contribution >= 0.6 is 7.60 Å². The smallest absolute Gasteiger partial charge is 0.361 e. The van der Waals surface area contributed by atoms with Crippen LogP contribution in [-0.4, -0.2) is 63.3 Å². The van der Waals surface area contributed by atoms with Crippen molar-refractivity contribution >= 4 is 50.9 Å². The van der Waals surface area contributed by atoms with Gasteiger partial charge in [-0.05, 0) is 62.9 Å². The molecule has 0 radical (unpaired) electrons. The van der Waals surface area contributed by atoms with E-state index in [-0.39, 0.29) is 19.1 Å². The minimum Gasteiger partial charge on any atom is -0.494 e. The molecule has 0 fully saturated rings. The molecule has 1 aromatic heterocycles. The molecule has 1 heterocycles. The fourth-order valence-electron chi connectivity index (χ4n) is 4.63. The number of aliphatic imine (C=N–C) groups is 1. The average Bonchev–Trinajstić information content (AvgIpc) is 3.29. The Kier molecular flexibility index (Phi) is 10.2. The lowest BCUT2D eigenvalue weighted by Crippen LogP contribution is -2.36. The molecule has 0 aliphatic heterocycles. The Hall–Kier alpha value is -3.47. The Bertz CT molecular complexity index is 1680. The zero-order valence-corrected chi connectivity index (χ0v) is 25.9. The molecule has 0 aliphatic carbocycles. The van der Waals surface area contributed by atoms with E-state index in [2.05, 4.69) is 10.3 Å². The number of hydrogen-bond donors (Lipinski definition) is 3. The van der Waals surface area contributed by atoms with E-state index < -0.39 is 17.6 Å². The van der Waals surface area contributed by atoms with Gasteiger partial charge in [0.15, 0.2) is 5.88 Å². The van der Waals surface area contributed by atoms with E-state index in [1.165, 1.54) is 10.6 Å². The highest BCUT2D eigenvalue weighted by Crippen LogP contribution is 2.47. The first kappa shape index (κ1) is 31.5. The molecule has 0 bridgehead atoms. The van der Waals surface area contributed by atoms with Gasteiger partial charge in [0.05, 0.1) is 47.4 Å². The van der Waals surface area contributed by atoms with Gasteiger partial charge in [-0.25, -0.2) is 13.4 Å². The summed E-state index contributed by atoms with van der Waals surface area (Å²) in [4.78, 5) is 7.90. The SMILES string of the molecule is CCNCCN(c1ccc(N=C(c2ccccc2)c2c(O)[nH]c3ccc(P(=O)(OCC)OCC)cc23)cc1)S(C)(=O)=O. The molecule has 0 unspecified atom stereocenters. The molecule has 0 amide bonds. The number of aromatic hydroxyl groups is 1. The molecule has 3 aromatic carbocycles. The fraction of sp³-hybridized carbons (Fsp3) is 0.300. The molecule has 0 saturated carbocycles. The topological polar surface area (TPSA) is 133 Å². The van der Waals surface area contributed by atoms with E-state index in [0.29, 0.717) is 51.9 Å². The maximum atomic E-state index is 13.5. The van der Waals surface area contributed by atoms with Gasteiger partial charge in [-0.2, -0.15) is 0 Å². The lowest BCUT2D eigenvalue weighted by atomic mass is 10.0. The maximum absolute atomic E-state index is 13.5. The highest BCUT2D eigenvalue weighted by atomic mass is 32.2. The van der Waals surface area contributed by atoms with Crippen molar-refractivity contribution in [1.82, 2.24) is 10.3 Å². The molecule has 4 rings (SSSR count). The van der Waals surface area contributed by atoms with Gasteiger partial charge in [0.1, 0.15) is 0 Å². The van der Waals surface area contributed by atoms with Crippen LogP contribution in [0, 0.1) is 0 Å². The summed E-state index contributed by atoms with van der Waals surface area (Å²) in [6.07, 6.45) is 1.18. The fourth-order valence-corrected chi connectivity index (χ4v) is 7.15. The molecule has 42 heavy (non-hydrogen) atoms. The Balaban J connectivity index is 1.84. The number of likely N-dealkylation sites (N-methyl/N-ethyl adjacent to an activating group) is 1. The van der Waals surface area contributed by atoms with Gasteiger partial charge >= 0.3 is 7.60 Å². The predicted octanol–water partition coefficient (Wildman–Crippen LogP) is 5.31. The summed E-state index contributed by atoms with van der Waals surface area (Å²) in [5, 5.41) is 15.2. The number of nitrogens with zero attached hydrogens (tertiary/aromatic N) is 2. The zero-order chi connectivity index (χ0) is 30.3. The lowest BCUT2D eigenvalue weighted by Gasteiger charge is -2.22. The molecule has 3 N–H and O–H groups in total. The van der Waals surface area contributed by atoms with E-state index in [4.69, 9.17) is 14.0 Å². The second kappa shape index (κ2) is 13.7. The second-order valence-electron chi connectivity index (χ2n) is 9.44. The standard InChI is InChI=1S/C30H37N4O6PS/c1-5-31-19-20-34(42(4,37)38)24-15-13-23(14-16-24)32-29(22-11-9-8-10-12-22)28-26-21-25(17-18-27(26)33-30(28)35)41(36,39-6-2)40-7-3/h8-18,21,31,33,35H,5-7,19-20H2,1-4H3. The molecular weight excluding hydrogens is 575 g/mol. The Morgan fingerprint density at radius 3 is 2.26 bits per heavy atom. The van der Waals surface area contributed by atoms with Gasteiger partial charge in [0.25, 0.3) is 0 Å². The quantitative estimate of drug-likeness (QED) is 0.0999. The number of aromatic amines is 1. The number of nitrogens with one attached hydrogen (secondary N) is 2. The van der Waals surface area contributed by atoms with Crippen LogP contribution in [0.2, 0.25) is 0 Å². The Morgan fingerprint density at radius 2 is 1.67 bits per heavy atom. The second-order valence-corrected chi connectivity index (χ2v) is 13.4. The van der Waals surface area contributed by atoms with Crippen LogP contribution in [0.1, 0.15) is 31.9 Å². The molecule has 0 spiro atoms. The van der Waals surface area contributed by atoms with Crippen LogP contribution < -0.4 is 14.9 Å². The molecule has 10 nitrogen and oxygen atoms in total. The van der Waals surface area contributed by atoms with Gasteiger partial charge in [-0.1, -0.05) is 37.3 Å². The number of rotatable bonds is 14. The number of fused-ring (bicyclic) bond motifs is 1. The van der Waals surface area contributed by atoms with E-state index in [1.807, 2.05) is 37.3 Å². The molecule has 0 saturated heterocycles. The van der Waals surface area contributed by atoms with Gasteiger partial charge in [0.2, 0.25) is 10.0 Å². The number of hydrogen-bond acceptors (Lipinski definition) is 8. The number of benzene rings is 3. The van der Waals surface area contributed by atoms with Crippen LogP contribution in [0.5, 0.6) is 5.88 Å². The Morgan fingerprint density at radius 1 is 1.00 bits per heavy atom. The van der Waals surface area contributed by atoms with Gasteiger partial charge in [-0.3, -0.25) is 8.87 Å². The first-order valence-corrected chi connectivity index (χ1v) is 17.2. The summed E-state index contributed by atoms with van der Waals surface area (Å²) in [5.74, 6) is -0.101. The summed E-state index contributed by atoms with van der Waals surface area (Å²) >= 11 is 0. The molecule has 0 aliphatic rings. The third-order valence-electron chi connectivity index (χ3n) is 6.48. The van der Waals surface area contributed by atoms with Crippen LogP contribution in [-0.2, 0) is 23.6 Å². The van der Waals surface area contributed by atoms with Crippen LogP contribution in [0.25, 0.3) is 10.9 Å². The van der Waals surface area contributed by atoms with Gasteiger partial charge < -0.3 is 24.5 Å². The third kappa shape index (κ3) is 7.11. The zero-order valence-electron chi connectivity index (χ0n) is 24.2. The van der Waals surface area contributed by atoms with E-state index >= 15 is 0 Å². The summed E-state index contributed by atoms with van der Waals surface area (Å²) in [6, 6.07) is 21.4.